The summed E-state index contributed by atoms with van der Waals surface area (Å²) in [7, 11) is -3.52. The van der Waals surface area contributed by atoms with Gasteiger partial charge < -0.3 is 10.2 Å². The topological polar surface area (TPSA) is 85.9 Å². The molecule has 2 aliphatic heterocycles. The molecule has 8 nitrogen and oxygen atoms in total. The molecule has 3 heterocycles. The predicted molar refractivity (Wildman–Crippen MR) is 121 cm³/mol. The Balaban J connectivity index is 1.30. The van der Waals surface area contributed by atoms with Gasteiger partial charge in [-0.15, -0.1) is 0 Å². The fraction of sp³-hybridized carbons (Fsp3) is 0.455. The van der Waals surface area contributed by atoms with E-state index in [0.717, 1.165) is 18.9 Å². The summed E-state index contributed by atoms with van der Waals surface area (Å²) in [6, 6.07) is 8.13. The Hall–Kier alpha value is -2.70. The van der Waals surface area contributed by atoms with Gasteiger partial charge in [0.15, 0.2) is 0 Å². The molecule has 1 aromatic carbocycles. The summed E-state index contributed by atoms with van der Waals surface area (Å²) < 4.78 is 66.1. The van der Waals surface area contributed by atoms with Crippen LogP contribution in [0.2, 0.25) is 0 Å². The van der Waals surface area contributed by atoms with Crippen molar-refractivity contribution in [1.82, 2.24) is 14.2 Å². The predicted octanol–water partition coefficient (Wildman–Crippen LogP) is 2.65. The number of anilines is 2. The van der Waals surface area contributed by atoms with Crippen LogP contribution in [0.5, 0.6) is 0 Å². The van der Waals surface area contributed by atoms with E-state index in [0.29, 0.717) is 45.1 Å². The zero-order valence-electron chi connectivity index (χ0n) is 18.5. The third-order valence-electron chi connectivity index (χ3n) is 5.99. The average molecular weight is 498 g/mol. The highest BCUT2D eigenvalue weighted by Crippen LogP contribution is 2.34. The zero-order valence-corrected chi connectivity index (χ0v) is 19.3. The molecular formula is C22H26F3N5O3S. The number of halogens is 3. The van der Waals surface area contributed by atoms with E-state index in [2.05, 4.69) is 10.3 Å². The molecule has 2 fully saturated rings. The van der Waals surface area contributed by atoms with Crippen molar-refractivity contribution < 1.29 is 26.4 Å². The first kappa shape index (κ1) is 24.4. The van der Waals surface area contributed by atoms with Crippen LogP contribution in [0, 0.1) is 0 Å². The van der Waals surface area contributed by atoms with Gasteiger partial charge in [0.2, 0.25) is 15.9 Å². The van der Waals surface area contributed by atoms with Gasteiger partial charge in [-0.2, -0.15) is 17.5 Å². The van der Waals surface area contributed by atoms with Crippen LogP contribution in [0.1, 0.15) is 18.4 Å². The number of piperazine rings is 1. The van der Waals surface area contributed by atoms with Crippen molar-refractivity contribution in [3.05, 3.63) is 48.2 Å². The number of sulfonamides is 1. The Morgan fingerprint density at radius 3 is 2.26 bits per heavy atom. The molecule has 2 aromatic rings. The molecule has 0 atom stereocenters. The zero-order chi connectivity index (χ0) is 24.3. The highest BCUT2D eigenvalue weighted by molar-refractivity contribution is 7.89. The van der Waals surface area contributed by atoms with E-state index in [-0.39, 0.29) is 17.1 Å². The van der Waals surface area contributed by atoms with Gasteiger partial charge >= 0.3 is 6.18 Å². The third-order valence-corrected chi connectivity index (χ3v) is 7.88. The van der Waals surface area contributed by atoms with Crippen LogP contribution in [0.3, 0.4) is 0 Å². The first-order valence-electron chi connectivity index (χ1n) is 11.0. The molecule has 0 saturated carbocycles. The summed E-state index contributed by atoms with van der Waals surface area (Å²) in [6.07, 6.45) is -1.45. The molecule has 4 rings (SSSR count). The van der Waals surface area contributed by atoms with Gasteiger partial charge in [-0.25, -0.2) is 13.4 Å². The molecule has 2 saturated heterocycles. The van der Waals surface area contributed by atoms with E-state index in [1.807, 2.05) is 9.80 Å². The van der Waals surface area contributed by atoms with Crippen LogP contribution >= 0.6 is 0 Å². The van der Waals surface area contributed by atoms with Crippen LogP contribution in [0.25, 0.3) is 0 Å². The van der Waals surface area contributed by atoms with Crippen LogP contribution in [0.15, 0.2) is 47.5 Å². The Kier molecular flexibility index (Phi) is 7.10. The minimum absolute atomic E-state index is 0.0273. The number of hydrogen-bond acceptors (Lipinski definition) is 6. The van der Waals surface area contributed by atoms with Crippen LogP contribution in [-0.4, -0.2) is 74.3 Å². The molecule has 12 heteroatoms. The van der Waals surface area contributed by atoms with Crippen molar-refractivity contribution in [1.29, 1.82) is 0 Å². The summed E-state index contributed by atoms with van der Waals surface area (Å²) in [4.78, 5) is 20.7. The standard InChI is InChI=1S/C22H26F3N5O3S/c23-22(24,25)18-5-1-2-6-19(18)27-21(31)16-28-11-13-29(14-12-28)20-8-7-17(15-26-20)34(32,33)30-9-3-4-10-30/h1-2,5-8,15H,3-4,9-14,16H2,(H,27,31). The van der Waals surface area contributed by atoms with Gasteiger partial charge in [0, 0.05) is 45.5 Å². The lowest BCUT2D eigenvalue weighted by atomic mass is 10.1. The number of carbonyl (C=O) groups excluding carboxylic acids is 1. The quantitative estimate of drug-likeness (QED) is 0.661. The number of aromatic nitrogens is 1. The lowest BCUT2D eigenvalue weighted by Crippen LogP contribution is -2.49. The molecule has 0 aliphatic carbocycles. The molecule has 184 valence electrons. The van der Waals surface area contributed by atoms with E-state index in [1.165, 1.54) is 28.7 Å². The Morgan fingerprint density at radius 2 is 1.65 bits per heavy atom. The maximum Gasteiger partial charge on any atom is 0.418 e. The summed E-state index contributed by atoms with van der Waals surface area (Å²) in [5, 5.41) is 2.36. The van der Waals surface area contributed by atoms with E-state index in [9.17, 15) is 26.4 Å². The fourth-order valence-electron chi connectivity index (χ4n) is 4.16. The lowest BCUT2D eigenvalue weighted by molar-refractivity contribution is -0.137. The van der Waals surface area contributed by atoms with Gasteiger partial charge in [-0.3, -0.25) is 9.69 Å². The number of nitrogens with zero attached hydrogens (tertiary/aromatic N) is 4. The Labute approximate surface area is 196 Å². The molecule has 1 N–H and O–H groups in total. The van der Waals surface area contributed by atoms with Crippen LogP contribution in [-0.2, 0) is 21.0 Å². The number of nitrogens with one attached hydrogen (secondary N) is 1. The lowest BCUT2D eigenvalue weighted by Gasteiger charge is -2.35. The minimum atomic E-state index is -4.55. The smallest absolute Gasteiger partial charge is 0.354 e. The fourth-order valence-corrected chi connectivity index (χ4v) is 5.62. The minimum Gasteiger partial charge on any atom is -0.354 e. The van der Waals surface area contributed by atoms with Crippen molar-refractivity contribution >= 4 is 27.4 Å². The summed E-state index contributed by atoms with van der Waals surface area (Å²) in [5.74, 6) is 0.128. The van der Waals surface area contributed by atoms with E-state index < -0.39 is 27.7 Å². The number of pyridine rings is 1. The molecule has 0 unspecified atom stereocenters. The number of para-hydroxylation sites is 1. The SMILES string of the molecule is O=C(CN1CCN(c2ccc(S(=O)(=O)N3CCCC3)cn2)CC1)Nc1ccccc1C(F)(F)F. The number of alkyl halides is 3. The molecule has 0 radical (unpaired) electrons. The van der Waals surface area contributed by atoms with Gasteiger partial charge in [0.25, 0.3) is 0 Å². The van der Waals surface area contributed by atoms with Crippen molar-refractivity contribution in [3.63, 3.8) is 0 Å². The maximum atomic E-state index is 13.1. The second kappa shape index (κ2) is 9.88. The molecule has 34 heavy (non-hydrogen) atoms. The Bertz CT molecular complexity index is 1110. The van der Waals surface area contributed by atoms with Gasteiger partial charge in [0.1, 0.15) is 10.7 Å². The Morgan fingerprint density at radius 1 is 0.971 bits per heavy atom. The molecule has 0 spiro atoms. The highest BCUT2D eigenvalue weighted by atomic mass is 32.2. The second-order valence-corrected chi connectivity index (χ2v) is 10.3. The first-order valence-corrected chi connectivity index (χ1v) is 12.5. The van der Waals surface area contributed by atoms with Crippen molar-refractivity contribution in [3.8, 4) is 0 Å². The third kappa shape index (κ3) is 5.50. The van der Waals surface area contributed by atoms with Gasteiger partial charge in [0.05, 0.1) is 17.8 Å². The normalized spacial score (nSPS) is 18.3. The van der Waals surface area contributed by atoms with Gasteiger partial charge in [-0.05, 0) is 37.1 Å². The summed E-state index contributed by atoms with van der Waals surface area (Å²) >= 11 is 0. The average Bonchev–Trinajstić information content (AvgIpc) is 3.35. The van der Waals surface area contributed by atoms with Gasteiger partial charge in [-0.1, -0.05) is 12.1 Å². The number of hydrogen-bond donors (Lipinski definition) is 1. The monoisotopic (exact) mass is 497 g/mol. The van der Waals surface area contributed by atoms with E-state index >= 15 is 0 Å². The number of benzene rings is 1. The maximum absolute atomic E-state index is 13.1. The second-order valence-electron chi connectivity index (χ2n) is 8.32. The number of carbonyl (C=O) groups is 1. The molecule has 2 aliphatic rings. The molecule has 1 aromatic heterocycles. The van der Waals surface area contributed by atoms with Crippen molar-refractivity contribution in [2.75, 3.05) is 56.0 Å². The van der Waals surface area contributed by atoms with E-state index in [4.69, 9.17) is 0 Å². The summed E-state index contributed by atoms with van der Waals surface area (Å²) in [6.45, 7) is 3.17. The van der Waals surface area contributed by atoms with E-state index in [1.54, 1.807) is 12.1 Å². The number of rotatable bonds is 6. The van der Waals surface area contributed by atoms with Crippen molar-refractivity contribution in [2.24, 2.45) is 0 Å². The number of amides is 1. The molecule has 0 bridgehead atoms. The summed E-state index contributed by atoms with van der Waals surface area (Å²) in [5.41, 5.74) is -1.14. The molecule has 1 amide bonds. The first-order chi connectivity index (χ1) is 16.1. The van der Waals surface area contributed by atoms with Crippen LogP contribution < -0.4 is 10.2 Å². The van der Waals surface area contributed by atoms with Crippen LogP contribution in [0.4, 0.5) is 24.7 Å². The largest absolute Gasteiger partial charge is 0.418 e. The van der Waals surface area contributed by atoms with Crippen molar-refractivity contribution in [2.45, 2.75) is 23.9 Å². The highest BCUT2D eigenvalue weighted by Gasteiger charge is 2.34. The molecular weight excluding hydrogens is 471 g/mol.